The van der Waals surface area contributed by atoms with Gasteiger partial charge in [-0.2, -0.15) is 0 Å². The number of benzene rings is 2. The Bertz CT molecular complexity index is 529. The minimum absolute atomic E-state index is 0.710. The van der Waals surface area contributed by atoms with E-state index in [2.05, 4.69) is 6.92 Å². The molecule has 0 aromatic heterocycles. The molecule has 2 aromatic carbocycles. The summed E-state index contributed by atoms with van der Waals surface area (Å²) in [4.78, 5) is 11.0. The zero-order valence-corrected chi connectivity index (χ0v) is 11.1. The van der Waals surface area contributed by atoms with Gasteiger partial charge in [0.25, 0.3) is 0 Å². The molecule has 98 valence electrons. The molecule has 0 fully saturated rings. The smallest absolute Gasteiger partial charge is 0.150 e. The summed E-state index contributed by atoms with van der Waals surface area (Å²) >= 11 is 0. The number of rotatable bonds is 6. The van der Waals surface area contributed by atoms with Gasteiger partial charge in [0.15, 0.2) is 6.29 Å². The van der Waals surface area contributed by atoms with Gasteiger partial charge in [-0.15, -0.1) is 0 Å². The molecule has 0 aliphatic rings. The van der Waals surface area contributed by atoms with Gasteiger partial charge in [-0.1, -0.05) is 49.7 Å². The molecule has 2 nitrogen and oxygen atoms in total. The minimum atomic E-state index is 0.710. The molecular formula is C17H18O2. The lowest BCUT2D eigenvalue weighted by molar-refractivity contribution is 0.112. The zero-order chi connectivity index (χ0) is 13.5. The largest absolute Gasteiger partial charge is 0.494 e. The standard InChI is InChI=1S/C17H18O2/c1-2-3-12-19-16-10-8-14(9-11-16)17-7-5-4-6-15(17)13-18/h4-11,13H,2-3,12H2,1H3. The fraction of sp³-hybridized carbons (Fsp3) is 0.235. The SMILES string of the molecule is CCCCOc1ccc(-c2ccccc2C=O)cc1. The molecule has 0 saturated carbocycles. The second kappa shape index (κ2) is 6.74. The molecule has 0 N–H and O–H groups in total. The van der Waals surface area contributed by atoms with Crippen molar-refractivity contribution in [2.45, 2.75) is 19.8 Å². The Morgan fingerprint density at radius 3 is 2.47 bits per heavy atom. The van der Waals surface area contributed by atoms with Gasteiger partial charge in [0.1, 0.15) is 5.75 Å². The second-order valence-corrected chi connectivity index (χ2v) is 4.43. The van der Waals surface area contributed by atoms with Gasteiger partial charge in [-0.05, 0) is 29.7 Å². The first kappa shape index (κ1) is 13.3. The maximum atomic E-state index is 11.0. The van der Waals surface area contributed by atoms with Crippen LogP contribution in [0, 0.1) is 0 Å². The molecule has 0 atom stereocenters. The lowest BCUT2D eigenvalue weighted by atomic mass is 10.0. The molecule has 0 heterocycles. The number of ether oxygens (including phenoxy) is 1. The van der Waals surface area contributed by atoms with E-state index in [9.17, 15) is 4.79 Å². The van der Waals surface area contributed by atoms with Crippen LogP contribution in [0.5, 0.6) is 5.75 Å². The van der Waals surface area contributed by atoms with Crippen molar-refractivity contribution in [1.82, 2.24) is 0 Å². The molecule has 0 amide bonds. The molecule has 0 aliphatic heterocycles. The van der Waals surface area contributed by atoms with Crippen LogP contribution < -0.4 is 4.74 Å². The lowest BCUT2D eigenvalue weighted by Crippen LogP contribution is -1.96. The van der Waals surface area contributed by atoms with Gasteiger partial charge in [-0.25, -0.2) is 0 Å². The third-order valence-electron chi connectivity index (χ3n) is 3.02. The number of carbonyl (C=O) groups excluding carboxylic acids is 1. The van der Waals surface area contributed by atoms with Crippen LogP contribution in [0.4, 0.5) is 0 Å². The Labute approximate surface area is 114 Å². The topological polar surface area (TPSA) is 26.3 Å². The van der Waals surface area contributed by atoms with E-state index in [1.807, 2.05) is 48.5 Å². The van der Waals surface area contributed by atoms with Gasteiger partial charge in [-0.3, -0.25) is 4.79 Å². The molecule has 0 spiro atoms. The average Bonchev–Trinajstić information content (AvgIpc) is 2.48. The Kier molecular flexibility index (Phi) is 4.73. The summed E-state index contributed by atoms with van der Waals surface area (Å²) in [6.07, 6.45) is 3.08. The van der Waals surface area contributed by atoms with Crippen molar-refractivity contribution in [2.75, 3.05) is 6.61 Å². The summed E-state index contributed by atoms with van der Waals surface area (Å²) in [6.45, 7) is 2.89. The van der Waals surface area contributed by atoms with E-state index in [1.54, 1.807) is 0 Å². The molecule has 0 aliphatic carbocycles. The first-order valence-corrected chi connectivity index (χ1v) is 6.62. The molecule has 0 unspecified atom stereocenters. The summed E-state index contributed by atoms with van der Waals surface area (Å²) in [5, 5.41) is 0. The van der Waals surface area contributed by atoms with Crippen molar-refractivity contribution in [1.29, 1.82) is 0 Å². The maximum absolute atomic E-state index is 11.0. The van der Waals surface area contributed by atoms with Crippen molar-refractivity contribution in [2.24, 2.45) is 0 Å². The van der Waals surface area contributed by atoms with Crippen LogP contribution in [-0.4, -0.2) is 12.9 Å². The lowest BCUT2D eigenvalue weighted by Gasteiger charge is -2.08. The van der Waals surface area contributed by atoms with Crippen molar-refractivity contribution in [3.63, 3.8) is 0 Å². The number of unbranched alkanes of at least 4 members (excludes halogenated alkanes) is 1. The minimum Gasteiger partial charge on any atom is -0.494 e. The Balaban J connectivity index is 2.15. The highest BCUT2D eigenvalue weighted by Crippen LogP contribution is 2.24. The average molecular weight is 254 g/mol. The predicted molar refractivity (Wildman–Crippen MR) is 77.7 cm³/mol. The fourth-order valence-corrected chi connectivity index (χ4v) is 1.93. The van der Waals surface area contributed by atoms with Crippen LogP contribution in [-0.2, 0) is 0 Å². The van der Waals surface area contributed by atoms with E-state index in [0.717, 1.165) is 42.6 Å². The van der Waals surface area contributed by atoms with Gasteiger partial charge in [0, 0.05) is 5.56 Å². The van der Waals surface area contributed by atoms with Crippen molar-refractivity contribution >= 4 is 6.29 Å². The number of aldehydes is 1. The second-order valence-electron chi connectivity index (χ2n) is 4.43. The fourth-order valence-electron chi connectivity index (χ4n) is 1.93. The van der Waals surface area contributed by atoms with E-state index >= 15 is 0 Å². The predicted octanol–water partition coefficient (Wildman–Crippen LogP) is 4.35. The highest BCUT2D eigenvalue weighted by Gasteiger charge is 2.03. The zero-order valence-electron chi connectivity index (χ0n) is 11.1. The van der Waals surface area contributed by atoms with Crippen molar-refractivity contribution in [3.8, 4) is 16.9 Å². The molecule has 2 rings (SSSR count). The molecule has 0 bridgehead atoms. The van der Waals surface area contributed by atoms with Crippen LogP contribution in [0.25, 0.3) is 11.1 Å². The highest BCUT2D eigenvalue weighted by molar-refractivity contribution is 5.87. The summed E-state index contributed by atoms with van der Waals surface area (Å²) in [5.74, 6) is 0.876. The molecule has 0 radical (unpaired) electrons. The molecule has 2 aromatic rings. The summed E-state index contributed by atoms with van der Waals surface area (Å²) < 4.78 is 5.62. The van der Waals surface area contributed by atoms with E-state index in [-0.39, 0.29) is 0 Å². The normalized spacial score (nSPS) is 10.2. The highest BCUT2D eigenvalue weighted by atomic mass is 16.5. The van der Waals surface area contributed by atoms with Crippen LogP contribution >= 0.6 is 0 Å². The molecule has 2 heteroatoms. The van der Waals surface area contributed by atoms with Crippen LogP contribution in [0.15, 0.2) is 48.5 Å². The third kappa shape index (κ3) is 3.44. The Hall–Kier alpha value is -2.09. The summed E-state index contributed by atoms with van der Waals surface area (Å²) in [7, 11) is 0. The van der Waals surface area contributed by atoms with Crippen molar-refractivity contribution < 1.29 is 9.53 Å². The number of hydrogen-bond acceptors (Lipinski definition) is 2. The van der Waals surface area contributed by atoms with E-state index < -0.39 is 0 Å². The van der Waals surface area contributed by atoms with Crippen molar-refractivity contribution in [3.05, 3.63) is 54.1 Å². The third-order valence-corrected chi connectivity index (χ3v) is 3.02. The first-order chi connectivity index (χ1) is 9.35. The Morgan fingerprint density at radius 2 is 1.79 bits per heavy atom. The van der Waals surface area contributed by atoms with Crippen LogP contribution in [0.2, 0.25) is 0 Å². The maximum Gasteiger partial charge on any atom is 0.150 e. The summed E-state index contributed by atoms with van der Waals surface area (Å²) in [6, 6.07) is 15.5. The Morgan fingerprint density at radius 1 is 1.05 bits per heavy atom. The van der Waals surface area contributed by atoms with Crippen LogP contribution in [0.1, 0.15) is 30.1 Å². The van der Waals surface area contributed by atoms with E-state index in [1.165, 1.54) is 0 Å². The van der Waals surface area contributed by atoms with Gasteiger partial charge < -0.3 is 4.74 Å². The van der Waals surface area contributed by atoms with E-state index in [4.69, 9.17) is 4.74 Å². The van der Waals surface area contributed by atoms with Gasteiger partial charge in [0.2, 0.25) is 0 Å². The van der Waals surface area contributed by atoms with Gasteiger partial charge in [0.05, 0.1) is 6.61 Å². The van der Waals surface area contributed by atoms with Crippen LogP contribution in [0.3, 0.4) is 0 Å². The van der Waals surface area contributed by atoms with E-state index in [0.29, 0.717) is 5.56 Å². The number of carbonyl (C=O) groups is 1. The summed E-state index contributed by atoms with van der Waals surface area (Å²) in [5.41, 5.74) is 2.70. The quantitative estimate of drug-likeness (QED) is 0.566. The van der Waals surface area contributed by atoms with Gasteiger partial charge >= 0.3 is 0 Å². The molecule has 19 heavy (non-hydrogen) atoms. The monoisotopic (exact) mass is 254 g/mol. The molecule has 0 saturated heterocycles. The molecular weight excluding hydrogens is 236 g/mol. The number of hydrogen-bond donors (Lipinski definition) is 0. The first-order valence-electron chi connectivity index (χ1n) is 6.62.